The molecule has 0 fully saturated rings. The third kappa shape index (κ3) is 2.59. The molecule has 0 aromatic heterocycles. The summed E-state index contributed by atoms with van der Waals surface area (Å²) >= 11 is 4.68. The van der Waals surface area contributed by atoms with Crippen molar-refractivity contribution in [2.45, 2.75) is 13.1 Å². The molecule has 3 heteroatoms. The molecule has 3 rings (SSSR count). The Morgan fingerprint density at radius 1 is 0.619 bits per heavy atom. The zero-order valence-electron chi connectivity index (χ0n) is 13.3. The Balaban J connectivity index is 2.27. The average molecular weight is 274 g/mol. The molecule has 0 radical (unpaired) electrons. The minimum atomic E-state index is -1.48. The molecule has 0 atom stereocenters. The summed E-state index contributed by atoms with van der Waals surface area (Å²) < 4.78 is 3.20. The Labute approximate surface area is 146 Å². The van der Waals surface area contributed by atoms with Crippen molar-refractivity contribution in [1.82, 2.24) is 0 Å². The molecule has 0 unspecified atom stereocenters. The Hall–Kier alpha value is -0.668. The van der Waals surface area contributed by atoms with Crippen molar-refractivity contribution in [2.24, 2.45) is 0 Å². The van der Waals surface area contributed by atoms with Gasteiger partial charge in [0.05, 0.1) is 0 Å². The molecule has 0 spiro atoms. The van der Waals surface area contributed by atoms with Crippen molar-refractivity contribution in [3.8, 4) is 0 Å². The van der Waals surface area contributed by atoms with Crippen LogP contribution in [0.15, 0.2) is 68.4 Å². The Bertz CT molecular complexity index is 665. The number of benzene rings is 2. The predicted molar refractivity (Wildman–Crippen MR) is 95.7 cm³/mol. The molecule has 0 bridgehead atoms. The maximum absolute atomic E-state index is 2.47. The van der Waals surface area contributed by atoms with Gasteiger partial charge >= 0.3 is 147 Å². The van der Waals surface area contributed by atoms with Gasteiger partial charge in [0.25, 0.3) is 0 Å². The van der Waals surface area contributed by atoms with Crippen molar-refractivity contribution in [3.05, 3.63) is 79.5 Å². The van der Waals surface area contributed by atoms with Crippen molar-refractivity contribution in [3.63, 3.8) is 0 Å². The number of hydrogen-bond acceptors (Lipinski definition) is 0. The van der Waals surface area contributed by atoms with E-state index in [0.29, 0.717) is 0 Å². The summed E-state index contributed by atoms with van der Waals surface area (Å²) in [5, 5.41) is 0. The Morgan fingerprint density at radius 2 is 0.952 bits per heavy atom. The summed E-state index contributed by atoms with van der Waals surface area (Å²) in [5.74, 6) is 0. The van der Waals surface area contributed by atoms with E-state index in [2.05, 4.69) is 109 Å². The number of hydrogen-bond donors (Lipinski definition) is 0. The van der Waals surface area contributed by atoms with Crippen LogP contribution in [0.5, 0.6) is 0 Å². The van der Waals surface area contributed by atoms with Gasteiger partial charge in [0, 0.05) is 0 Å². The van der Waals surface area contributed by atoms with Gasteiger partial charge < -0.3 is 0 Å². The van der Waals surface area contributed by atoms with Crippen LogP contribution in [-0.4, -0.2) is 43.5 Å². The Kier molecular flexibility index (Phi) is 4.24. The van der Waals surface area contributed by atoms with Crippen LogP contribution in [0, 0.1) is 0 Å². The van der Waals surface area contributed by atoms with E-state index in [0.717, 1.165) is 0 Å². The van der Waals surface area contributed by atoms with Crippen LogP contribution >= 0.6 is 0 Å². The number of allylic oxidation sites excluding steroid dienone is 2. The van der Waals surface area contributed by atoms with E-state index in [9.17, 15) is 0 Å². The van der Waals surface area contributed by atoms with Gasteiger partial charge in [-0.15, -0.1) is 0 Å². The summed E-state index contributed by atoms with van der Waals surface area (Å²) in [5.41, 5.74) is 5.64. The molecule has 94 valence electrons. The predicted octanol–water partition coefficient (Wildman–Crippen LogP) is 3.95. The summed E-state index contributed by atoms with van der Waals surface area (Å²) in [6.45, 7) is 4.94. The molecule has 2 aromatic carbocycles. The second kappa shape index (κ2) is 5.85. The summed E-state index contributed by atoms with van der Waals surface area (Å²) in [4.78, 5) is 0. The van der Waals surface area contributed by atoms with E-state index in [1.807, 2.05) is 0 Å². The van der Waals surface area contributed by atoms with Crippen molar-refractivity contribution >= 4 is 54.7 Å². The average Bonchev–Trinajstić information content (AvgIpc) is 2.69. The molecule has 1 aliphatic heterocycles. The molecule has 0 aliphatic carbocycles. The fourth-order valence-electron chi connectivity index (χ4n) is 3.21. The molecule has 0 amide bonds. The SMILES string of the molecule is [Li][C]1=C(c2ccccc2)C(c2ccccc2)=[C]([Li])[Si]1(C)C. The van der Waals surface area contributed by atoms with Gasteiger partial charge in [0.1, 0.15) is 0 Å². The van der Waals surface area contributed by atoms with Crippen LogP contribution in [-0.2, 0) is 0 Å². The van der Waals surface area contributed by atoms with Crippen molar-refractivity contribution < 1.29 is 0 Å². The van der Waals surface area contributed by atoms with Crippen LogP contribution in [0.1, 0.15) is 11.1 Å². The first-order chi connectivity index (χ1) is 10.0. The third-order valence-corrected chi connectivity index (χ3v) is 9.25. The monoisotopic (exact) mass is 274 g/mol. The van der Waals surface area contributed by atoms with Crippen molar-refractivity contribution in [1.29, 1.82) is 0 Å². The Morgan fingerprint density at radius 3 is 1.29 bits per heavy atom. The normalized spacial score (nSPS) is 17.6. The van der Waals surface area contributed by atoms with E-state index in [1.165, 1.54) is 22.3 Å². The molecule has 0 nitrogen and oxygen atoms in total. The molecule has 21 heavy (non-hydrogen) atoms. The van der Waals surface area contributed by atoms with Crippen LogP contribution < -0.4 is 0 Å². The summed E-state index contributed by atoms with van der Waals surface area (Å²) in [6, 6.07) is 21.7. The fourth-order valence-corrected chi connectivity index (χ4v) is 5.56. The van der Waals surface area contributed by atoms with Gasteiger partial charge in [-0.25, -0.2) is 0 Å². The van der Waals surface area contributed by atoms with Gasteiger partial charge in [0.2, 0.25) is 0 Å². The van der Waals surface area contributed by atoms with Crippen LogP contribution in [0.2, 0.25) is 13.1 Å². The van der Waals surface area contributed by atoms with Crippen LogP contribution in [0.4, 0.5) is 0 Å². The van der Waals surface area contributed by atoms with E-state index in [4.69, 9.17) is 0 Å². The maximum atomic E-state index is 2.47. The molecule has 1 heterocycles. The minimum absolute atomic E-state index is 1.35. The first-order valence-corrected chi connectivity index (χ1v) is 10.6. The second-order valence-electron chi connectivity index (χ2n) is 6.36. The van der Waals surface area contributed by atoms with E-state index in [1.54, 1.807) is 7.74 Å². The topological polar surface area (TPSA) is 0 Å². The van der Waals surface area contributed by atoms with Crippen LogP contribution in [0.3, 0.4) is 0 Å². The number of rotatable bonds is 2. The molecule has 1 aliphatic rings. The summed E-state index contributed by atoms with van der Waals surface area (Å²) in [6.07, 6.45) is 0. The molecular weight excluding hydrogens is 258 g/mol. The third-order valence-electron chi connectivity index (χ3n) is 5.00. The fraction of sp³-hybridized carbons (Fsp3) is 0.111. The van der Waals surface area contributed by atoms with Crippen molar-refractivity contribution in [2.75, 3.05) is 0 Å². The zero-order valence-corrected chi connectivity index (χ0v) is 14.3. The molecule has 0 saturated carbocycles. The molecule has 0 saturated heterocycles. The molecule has 2 aromatic rings. The first kappa shape index (κ1) is 15.2. The van der Waals surface area contributed by atoms with Gasteiger partial charge in [0.15, 0.2) is 0 Å². The van der Waals surface area contributed by atoms with Crippen LogP contribution in [0.25, 0.3) is 11.1 Å². The van der Waals surface area contributed by atoms with Gasteiger partial charge in [-0.05, 0) is 0 Å². The first-order valence-electron chi connectivity index (χ1n) is 7.57. The standard InChI is InChI=1S/C18H16Si.2Li/c1-19(2)13-17(15-9-5-3-6-10-15)18(14-19)16-11-7-4-8-12-16;;/h3-12H,1-2H3;;. The van der Waals surface area contributed by atoms with Gasteiger partial charge in [-0.1, -0.05) is 0 Å². The summed E-state index contributed by atoms with van der Waals surface area (Å²) in [7, 11) is -1.48. The molecule has 0 N–H and O–H groups in total. The second-order valence-corrected chi connectivity index (χ2v) is 11.1. The van der Waals surface area contributed by atoms with Gasteiger partial charge in [-0.2, -0.15) is 0 Å². The molecular formula is C18H16Li2Si. The zero-order chi connectivity index (χ0) is 15.0. The quantitative estimate of drug-likeness (QED) is 0.727. The van der Waals surface area contributed by atoms with E-state index in [-0.39, 0.29) is 0 Å². The van der Waals surface area contributed by atoms with E-state index >= 15 is 0 Å². The van der Waals surface area contributed by atoms with E-state index < -0.39 is 8.07 Å². The van der Waals surface area contributed by atoms with Gasteiger partial charge in [-0.3, -0.25) is 0 Å².